The molecule has 1 aliphatic carbocycles. The number of hydrogen-bond acceptors (Lipinski definition) is 3. The first-order valence-electron chi connectivity index (χ1n) is 9.43. The standard InChI is InChI=1S/C21H24Cl2N4O2.HI/c1-24-21(26-12-15-5-6-16(22)10-19(15)23)25-11-14-3-2-4-18(9-14)29-13-20(28)27-17-7-8-17;/h2-6,9-10,17H,7-8,11-13H2,1H3,(H,27,28)(H2,24,25,26);1H. The molecule has 0 bridgehead atoms. The zero-order chi connectivity index (χ0) is 20.6. The van der Waals surface area contributed by atoms with Crippen LogP contribution in [0.5, 0.6) is 5.75 Å². The summed E-state index contributed by atoms with van der Waals surface area (Å²) in [5.41, 5.74) is 1.94. The van der Waals surface area contributed by atoms with E-state index in [9.17, 15) is 4.79 Å². The quantitative estimate of drug-likeness (QED) is 0.257. The van der Waals surface area contributed by atoms with Crippen molar-refractivity contribution in [3.05, 3.63) is 63.6 Å². The largest absolute Gasteiger partial charge is 0.484 e. The molecule has 3 rings (SSSR count). The minimum atomic E-state index is -0.0820. The van der Waals surface area contributed by atoms with Crippen molar-refractivity contribution in [2.45, 2.75) is 32.0 Å². The molecule has 0 spiro atoms. The molecule has 9 heteroatoms. The molecule has 0 aliphatic heterocycles. The van der Waals surface area contributed by atoms with Crippen molar-refractivity contribution in [3.63, 3.8) is 0 Å². The van der Waals surface area contributed by atoms with E-state index < -0.39 is 0 Å². The number of nitrogens with zero attached hydrogens (tertiary/aromatic N) is 1. The van der Waals surface area contributed by atoms with Crippen molar-refractivity contribution in [2.75, 3.05) is 13.7 Å². The van der Waals surface area contributed by atoms with Gasteiger partial charge in [-0.05, 0) is 48.2 Å². The monoisotopic (exact) mass is 562 g/mol. The van der Waals surface area contributed by atoms with Crippen LogP contribution in [0, 0.1) is 0 Å². The Labute approximate surface area is 203 Å². The van der Waals surface area contributed by atoms with Crippen LogP contribution in [0.15, 0.2) is 47.5 Å². The van der Waals surface area contributed by atoms with E-state index in [2.05, 4.69) is 20.9 Å². The summed E-state index contributed by atoms with van der Waals surface area (Å²) in [6, 6.07) is 13.4. The van der Waals surface area contributed by atoms with Gasteiger partial charge in [-0.15, -0.1) is 24.0 Å². The molecule has 0 atom stereocenters. The zero-order valence-electron chi connectivity index (χ0n) is 16.6. The highest BCUT2D eigenvalue weighted by Crippen LogP contribution is 2.21. The number of halogens is 3. The lowest BCUT2D eigenvalue weighted by atomic mass is 10.2. The van der Waals surface area contributed by atoms with Crippen LogP contribution < -0.4 is 20.7 Å². The fraction of sp³-hybridized carbons (Fsp3) is 0.333. The van der Waals surface area contributed by atoms with Crippen molar-refractivity contribution >= 4 is 59.0 Å². The van der Waals surface area contributed by atoms with Crippen LogP contribution in [0.4, 0.5) is 0 Å². The molecule has 0 aromatic heterocycles. The van der Waals surface area contributed by atoms with Gasteiger partial charge in [-0.3, -0.25) is 9.79 Å². The Morgan fingerprint density at radius 2 is 1.90 bits per heavy atom. The van der Waals surface area contributed by atoms with E-state index in [1.54, 1.807) is 19.2 Å². The predicted octanol–water partition coefficient (Wildman–Crippen LogP) is 4.13. The molecule has 2 aromatic carbocycles. The SMILES string of the molecule is CN=C(NCc1cccc(OCC(=O)NC2CC2)c1)NCc1ccc(Cl)cc1Cl.I. The molecule has 0 saturated heterocycles. The van der Waals surface area contributed by atoms with Crippen molar-refractivity contribution in [1.29, 1.82) is 0 Å². The number of rotatable bonds is 8. The fourth-order valence-electron chi connectivity index (χ4n) is 2.64. The van der Waals surface area contributed by atoms with Crippen molar-refractivity contribution in [3.8, 4) is 5.75 Å². The molecule has 6 nitrogen and oxygen atoms in total. The van der Waals surface area contributed by atoms with E-state index in [-0.39, 0.29) is 36.5 Å². The van der Waals surface area contributed by atoms with Crippen molar-refractivity contribution < 1.29 is 9.53 Å². The number of carbonyl (C=O) groups is 1. The molecular weight excluding hydrogens is 538 g/mol. The van der Waals surface area contributed by atoms with E-state index in [0.29, 0.717) is 40.9 Å². The molecule has 3 N–H and O–H groups in total. The molecule has 0 unspecified atom stereocenters. The predicted molar refractivity (Wildman–Crippen MR) is 132 cm³/mol. The van der Waals surface area contributed by atoms with Gasteiger partial charge < -0.3 is 20.7 Å². The average Bonchev–Trinajstić information content (AvgIpc) is 3.52. The third-order valence-corrected chi connectivity index (χ3v) is 4.94. The van der Waals surface area contributed by atoms with E-state index in [1.807, 2.05) is 30.3 Å². The Bertz CT molecular complexity index is 891. The van der Waals surface area contributed by atoms with Crippen molar-refractivity contribution in [1.82, 2.24) is 16.0 Å². The second-order valence-corrected chi connectivity index (χ2v) is 7.64. The Morgan fingerprint density at radius 3 is 2.60 bits per heavy atom. The lowest BCUT2D eigenvalue weighted by Gasteiger charge is -2.13. The highest BCUT2D eigenvalue weighted by atomic mass is 127. The normalized spacial score (nSPS) is 13.2. The van der Waals surface area contributed by atoms with Gasteiger partial charge in [-0.2, -0.15) is 0 Å². The van der Waals surface area contributed by atoms with E-state index in [1.165, 1.54) is 0 Å². The van der Waals surface area contributed by atoms with E-state index in [4.69, 9.17) is 27.9 Å². The number of benzene rings is 2. The van der Waals surface area contributed by atoms with Crippen LogP contribution in [0.1, 0.15) is 24.0 Å². The minimum absolute atomic E-state index is 0. The number of amides is 1. The van der Waals surface area contributed by atoms with Gasteiger partial charge in [-0.25, -0.2) is 0 Å². The van der Waals surface area contributed by atoms with Crippen LogP contribution in [0.2, 0.25) is 10.0 Å². The van der Waals surface area contributed by atoms with E-state index >= 15 is 0 Å². The van der Waals surface area contributed by atoms with Gasteiger partial charge in [0.05, 0.1) is 0 Å². The summed E-state index contributed by atoms with van der Waals surface area (Å²) in [6.07, 6.45) is 2.12. The molecule has 0 heterocycles. The number of hydrogen-bond donors (Lipinski definition) is 3. The van der Waals surface area contributed by atoms with Crippen LogP contribution in [-0.4, -0.2) is 31.6 Å². The zero-order valence-corrected chi connectivity index (χ0v) is 20.4. The van der Waals surface area contributed by atoms with Crippen molar-refractivity contribution in [2.24, 2.45) is 4.99 Å². The average molecular weight is 563 g/mol. The van der Waals surface area contributed by atoms with Gasteiger partial charge >= 0.3 is 0 Å². The molecule has 162 valence electrons. The maximum Gasteiger partial charge on any atom is 0.258 e. The third kappa shape index (κ3) is 8.20. The van der Waals surface area contributed by atoms with Crippen LogP contribution in [0.3, 0.4) is 0 Å². The molecule has 1 fully saturated rings. The highest BCUT2D eigenvalue weighted by molar-refractivity contribution is 14.0. The Hall–Kier alpha value is -1.71. The highest BCUT2D eigenvalue weighted by Gasteiger charge is 2.23. The molecule has 1 amide bonds. The summed E-state index contributed by atoms with van der Waals surface area (Å²) in [4.78, 5) is 16.0. The molecule has 2 aromatic rings. The summed E-state index contributed by atoms with van der Waals surface area (Å²) in [5, 5.41) is 10.6. The number of guanidine groups is 1. The summed E-state index contributed by atoms with van der Waals surface area (Å²) in [5.74, 6) is 1.22. The Morgan fingerprint density at radius 1 is 1.13 bits per heavy atom. The first-order valence-corrected chi connectivity index (χ1v) is 10.2. The maximum absolute atomic E-state index is 11.7. The molecule has 1 saturated carbocycles. The van der Waals surface area contributed by atoms with Gasteiger partial charge in [0.2, 0.25) is 0 Å². The van der Waals surface area contributed by atoms with Gasteiger partial charge in [0.1, 0.15) is 5.75 Å². The maximum atomic E-state index is 11.7. The van der Waals surface area contributed by atoms with E-state index in [0.717, 1.165) is 24.0 Å². The van der Waals surface area contributed by atoms with Gasteiger partial charge in [0, 0.05) is 36.2 Å². The van der Waals surface area contributed by atoms with Gasteiger partial charge in [0.15, 0.2) is 12.6 Å². The molecular formula is C21H25Cl2IN4O2. The molecule has 0 radical (unpaired) electrons. The lowest BCUT2D eigenvalue weighted by Crippen LogP contribution is -2.36. The first kappa shape index (κ1) is 24.6. The fourth-order valence-corrected chi connectivity index (χ4v) is 3.12. The Balaban J connectivity index is 0.00000320. The number of ether oxygens (including phenoxy) is 1. The summed E-state index contributed by atoms with van der Waals surface area (Å²) >= 11 is 12.1. The third-order valence-electron chi connectivity index (χ3n) is 4.36. The molecule has 30 heavy (non-hydrogen) atoms. The lowest BCUT2D eigenvalue weighted by molar-refractivity contribution is -0.123. The van der Waals surface area contributed by atoms with Crippen LogP contribution in [0.25, 0.3) is 0 Å². The smallest absolute Gasteiger partial charge is 0.258 e. The van der Waals surface area contributed by atoms with Gasteiger partial charge in [-0.1, -0.05) is 41.4 Å². The van der Waals surface area contributed by atoms with Gasteiger partial charge in [0.25, 0.3) is 5.91 Å². The second-order valence-electron chi connectivity index (χ2n) is 6.79. The minimum Gasteiger partial charge on any atom is -0.484 e. The second kappa shape index (κ2) is 12.2. The summed E-state index contributed by atoms with van der Waals surface area (Å²) in [7, 11) is 1.71. The Kier molecular flexibility index (Phi) is 10.0. The molecule has 1 aliphatic rings. The first-order chi connectivity index (χ1) is 14.0. The van der Waals surface area contributed by atoms with Crippen LogP contribution in [-0.2, 0) is 17.9 Å². The number of nitrogens with one attached hydrogen (secondary N) is 3. The topological polar surface area (TPSA) is 74.8 Å². The summed E-state index contributed by atoms with van der Waals surface area (Å²) < 4.78 is 5.59. The number of carbonyl (C=O) groups excluding carboxylic acids is 1. The summed E-state index contributed by atoms with van der Waals surface area (Å²) in [6.45, 7) is 1.10. The van der Waals surface area contributed by atoms with Crippen LogP contribution >= 0.6 is 47.2 Å². The number of aliphatic imine (C=N–C) groups is 1.